The number of aryl methyl sites for hydroxylation is 1. The minimum absolute atomic E-state index is 0.0147. The van der Waals surface area contributed by atoms with Crippen LogP contribution in [-0.4, -0.2) is 19.7 Å². The zero-order chi connectivity index (χ0) is 13.4. The molecule has 2 rings (SSSR count). The maximum atomic E-state index is 10.9. The number of hydrogen-bond acceptors (Lipinski definition) is 5. The predicted octanol–water partition coefficient (Wildman–Crippen LogP) is 2.14. The van der Waals surface area contributed by atoms with Crippen molar-refractivity contribution in [3.8, 4) is 5.82 Å². The van der Waals surface area contributed by atoms with Crippen LogP contribution in [0.3, 0.4) is 0 Å². The van der Waals surface area contributed by atoms with Gasteiger partial charge in [0.15, 0.2) is 5.82 Å². The average molecular weight is 312 g/mol. The SMILES string of the molecule is Cc1nn(-c2ncc(Br)cc2N)c(C)c1[N+](=O)[O-]. The molecule has 0 radical (unpaired) electrons. The van der Waals surface area contributed by atoms with Gasteiger partial charge in [-0.25, -0.2) is 9.67 Å². The largest absolute Gasteiger partial charge is 0.396 e. The van der Waals surface area contributed by atoms with E-state index in [9.17, 15) is 10.1 Å². The van der Waals surface area contributed by atoms with Crippen molar-refractivity contribution in [1.82, 2.24) is 14.8 Å². The smallest absolute Gasteiger partial charge is 0.313 e. The molecule has 7 nitrogen and oxygen atoms in total. The van der Waals surface area contributed by atoms with Gasteiger partial charge in [-0.3, -0.25) is 10.1 Å². The second kappa shape index (κ2) is 4.37. The van der Waals surface area contributed by atoms with E-state index in [2.05, 4.69) is 26.0 Å². The van der Waals surface area contributed by atoms with Crippen LogP contribution in [0.15, 0.2) is 16.7 Å². The van der Waals surface area contributed by atoms with Gasteiger partial charge in [0.1, 0.15) is 11.4 Å². The van der Waals surface area contributed by atoms with Crippen molar-refractivity contribution in [1.29, 1.82) is 0 Å². The van der Waals surface area contributed by atoms with E-state index in [-0.39, 0.29) is 5.69 Å². The van der Waals surface area contributed by atoms with Crippen molar-refractivity contribution >= 4 is 27.3 Å². The highest BCUT2D eigenvalue weighted by atomic mass is 79.9. The Balaban J connectivity index is 2.65. The Labute approximate surface area is 111 Å². The summed E-state index contributed by atoms with van der Waals surface area (Å²) in [5.41, 5.74) is 6.95. The fourth-order valence-electron chi connectivity index (χ4n) is 1.73. The normalized spacial score (nSPS) is 10.6. The standard InChI is InChI=1S/C10H10BrN5O2/c1-5-9(16(17)18)6(2)15(14-5)10-8(12)3-7(11)4-13-10/h3-4H,12H2,1-2H3. The van der Waals surface area contributed by atoms with Crippen LogP contribution in [0.25, 0.3) is 5.82 Å². The van der Waals surface area contributed by atoms with Gasteiger partial charge in [-0.1, -0.05) is 0 Å². The second-order valence-corrected chi connectivity index (χ2v) is 4.67. The highest BCUT2D eigenvalue weighted by molar-refractivity contribution is 9.10. The summed E-state index contributed by atoms with van der Waals surface area (Å²) in [6, 6.07) is 1.67. The second-order valence-electron chi connectivity index (χ2n) is 3.75. The third kappa shape index (κ3) is 1.94. The Hall–Kier alpha value is -1.96. The molecule has 0 aliphatic rings. The lowest BCUT2D eigenvalue weighted by Crippen LogP contribution is -2.06. The van der Waals surface area contributed by atoms with Crippen molar-refractivity contribution in [2.45, 2.75) is 13.8 Å². The molecule has 94 valence electrons. The van der Waals surface area contributed by atoms with Crippen LogP contribution in [-0.2, 0) is 0 Å². The fraction of sp³-hybridized carbons (Fsp3) is 0.200. The van der Waals surface area contributed by atoms with Crippen molar-refractivity contribution in [2.24, 2.45) is 0 Å². The summed E-state index contributed by atoms with van der Waals surface area (Å²) in [6.45, 7) is 3.19. The Bertz CT molecular complexity index is 637. The van der Waals surface area contributed by atoms with Gasteiger partial charge in [0.25, 0.3) is 0 Å². The molecule has 8 heteroatoms. The number of rotatable bonds is 2. The zero-order valence-corrected chi connectivity index (χ0v) is 11.3. The average Bonchev–Trinajstić information content (AvgIpc) is 2.54. The molecule has 0 amide bonds. The van der Waals surface area contributed by atoms with E-state index in [1.807, 2.05) is 0 Å². The monoisotopic (exact) mass is 311 g/mol. The molecule has 0 aliphatic carbocycles. The highest BCUT2D eigenvalue weighted by Gasteiger charge is 2.23. The topological polar surface area (TPSA) is 99.9 Å². The van der Waals surface area contributed by atoms with E-state index in [1.54, 1.807) is 26.1 Å². The number of nitrogens with zero attached hydrogens (tertiary/aromatic N) is 4. The summed E-state index contributed by atoms with van der Waals surface area (Å²) < 4.78 is 2.12. The number of halogens is 1. The lowest BCUT2D eigenvalue weighted by atomic mass is 10.3. The Kier molecular flexibility index (Phi) is 3.04. The van der Waals surface area contributed by atoms with Crippen molar-refractivity contribution in [3.63, 3.8) is 0 Å². The first kappa shape index (κ1) is 12.5. The Morgan fingerprint density at radius 3 is 2.67 bits per heavy atom. The van der Waals surface area contributed by atoms with E-state index < -0.39 is 4.92 Å². The summed E-state index contributed by atoms with van der Waals surface area (Å²) in [5.74, 6) is 0.381. The van der Waals surface area contributed by atoms with E-state index in [1.165, 1.54) is 4.68 Å². The number of pyridine rings is 1. The predicted molar refractivity (Wildman–Crippen MR) is 69.6 cm³/mol. The quantitative estimate of drug-likeness (QED) is 0.676. The molecular formula is C10H10BrN5O2. The van der Waals surface area contributed by atoms with Crippen molar-refractivity contribution in [3.05, 3.63) is 38.2 Å². The summed E-state index contributed by atoms with van der Waals surface area (Å²) in [5, 5.41) is 15.0. The van der Waals surface area contributed by atoms with Gasteiger partial charge < -0.3 is 5.73 Å². The first-order valence-corrected chi connectivity index (χ1v) is 5.83. The lowest BCUT2D eigenvalue weighted by Gasteiger charge is -2.06. The number of nitrogens with two attached hydrogens (primary N) is 1. The third-order valence-electron chi connectivity index (χ3n) is 2.50. The molecule has 2 heterocycles. The molecule has 2 aromatic heterocycles. The first-order chi connectivity index (χ1) is 8.41. The molecule has 0 saturated carbocycles. The molecule has 0 bridgehead atoms. The minimum Gasteiger partial charge on any atom is -0.396 e. The number of nitro groups is 1. The number of hydrogen-bond donors (Lipinski definition) is 1. The molecule has 0 unspecified atom stereocenters. The van der Waals surface area contributed by atoms with Crippen LogP contribution in [0.1, 0.15) is 11.4 Å². The van der Waals surface area contributed by atoms with E-state index >= 15 is 0 Å². The van der Waals surface area contributed by atoms with Crippen LogP contribution >= 0.6 is 15.9 Å². The van der Waals surface area contributed by atoms with Gasteiger partial charge in [-0.15, -0.1) is 0 Å². The van der Waals surface area contributed by atoms with Gasteiger partial charge in [0.2, 0.25) is 0 Å². The van der Waals surface area contributed by atoms with Crippen LogP contribution in [0, 0.1) is 24.0 Å². The molecule has 2 aromatic rings. The fourth-order valence-corrected chi connectivity index (χ4v) is 2.08. The van der Waals surface area contributed by atoms with Gasteiger partial charge in [0.05, 0.1) is 10.6 Å². The van der Waals surface area contributed by atoms with Gasteiger partial charge in [-0.2, -0.15) is 5.10 Å². The number of nitrogen functional groups attached to an aromatic ring is 1. The molecule has 0 spiro atoms. The lowest BCUT2D eigenvalue weighted by molar-refractivity contribution is -0.386. The summed E-state index contributed by atoms with van der Waals surface area (Å²) >= 11 is 3.25. The molecular weight excluding hydrogens is 302 g/mol. The molecule has 0 aromatic carbocycles. The third-order valence-corrected chi connectivity index (χ3v) is 2.93. The number of aromatic nitrogens is 3. The van der Waals surface area contributed by atoms with E-state index in [0.29, 0.717) is 22.9 Å². The van der Waals surface area contributed by atoms with Gasteiger partial charge in [0, 0.05) is 10.7 Å². The molecule has 0 aliphatic heterocycles. The first-order valence-electron chi connectivity index (χ1n) is 5.04. The van der Waals surface area contributed by atoms with Gasteiger partial charge in [-0.05, 0) is 35.8 Å². The van der Waals surface area contributed by atoms with Crippen LogP contribution in [0.2, 0.25) is 0 Å². The number of anilines is 1. The summed E-state index contributed by atoms with van der Waals surface area (Å²) in [7, 11) is 0. The maximum Gasteiger partial charge on any atom is 0.313 e. The zero-order valence-electron chi connectivity index (χ0n) is 9.72. The Morgan fingerprint density at radius 2 is 2.17 bits per heavy atom. The molecule has 0 fully saturated rings. The minimum atomic E-state index is -0.455. The molecule has 0 atom stereocenters. The summed E-state index contributed by atoms with van der Waals surface area (Å²) in [6.07, 6.45) is 1.56. The molecule has 0 saturated heterocycles. The van der Waals surface area contributed by atoms with Gasteiger partial charge >= 0.3 is 5.69 Å². The van der Waals surface area contributed by atoms with E-state index in [4.69, 9.17) is 5.73 Å². The molecule has 18 heavy (non-hydrogen) atoms. The van der Waals surface area contributed by atoms with Crippen molar-refractivity contribution < 1.29 is 4.92 Å². The Morgan fingerprint density at radius 1 is 1.50 bits per heavy atom. The maximum absolute atomic E-state index is 10.9. The summed E-state index contributed by atoms with van der Waals surface area (Å²) in [4.78, 5) is 14.6. The highest BCUT2D eigenvalue weighted by Crippen LogP contribution is 2.27. The molecule has 2 N–H and O–H groups in total. The van der Waals surface area contributed by atoms with Crippen molar-refractivity contribution in [2.75, 3.05) is 5.73 Å². The van der Waals surface area contributed by atoms with Crippen LogP contribution < -0.4 is 5.73 Å². The van der Waals surface area contributed by atoms with Crippen LogP contribution in [0.5, 0.6) is 0 Å². The van der Waals surface area contributed by atoms with E-state index in [0.717, 1.165) is 4.47 Å². The van der Waals surface area contributed by atoms with Crippen LogP contribution in [0.4, 0.5) is 11.4 Å².